The van der Waals surface area contributed by atoms with Crippen LogP contribution in [-0.2, 0) is 4.79 Å². The van der Waals surface area contributed by atoms with Crippen LogP contribution in [0.4, 0.5) is 10.1 Å². The van der Waals surface area contributed by atoms with Gasteiger partial charge in [0.15, 0.2) is 0 Å². The summed E-state index contributed by atoms with van der Waals surface area (Å²) >= 11 is 0. The van der Waals surface area contributed by atoms with Crippen LogP contribution in [0, 0.1) is 52.2 Å². The normalized spacial score (nSPS) is 44.8. The van der Waals surface area contributed by atoms with Crippen molar-refractivity contribution in [3.63, 3.8) is 0 Å². The number of hydrogen-bond acceptors (Lipinski definition) is 4. The number of rotatable bonds is 5. The number of carbonyl (C=O) groups is 1. The van der Waals surface area contributed by atoms with E-state index in [-0.39, 0.29) is 58.4 Å². The number of carbonyl (C=O) groups excluding carboxylic acids is 1. The van der Waals surface area contributed by atoms with Crippen LogP contribution in [0.25, 0.3) is 0 Å². The molecule has 4 aliphatic carbocycles. The van der Waals surface area contributed by atoms with Crippen molar-refractivity contribution in [2.45, 2.75) is 96.9 Å². The Morgan fingerprint density at radius 3 is 2.64 bits per heavy atom. The van der Waals surface area contributed by atoms with Gasteiger partial charge in [-0.1, -0.05) is 26.8 Å². The summed E-state index contributed by atoms with van der Waals surface area (Å²) in [5, 5.41) is 36.2. The Morgan fingerprint density at radius 2 is 1.89 bits per heavy atom. The summed E-state index contributed by atoms with van der Waals surface area (Å²) in [6.45, 7) is 6.80. The fourth-order valence-electron chi connectivity index (χ4n) is 9.48. The first kappa shape index (κ1) is 26.1. The molecule has 11 atom stereocenters. The Kier molecular flexibility index (Phi) is 7.01. The van der Waals surface area contributed by atoms with E-state index >= 15 is 0 Å². The molecule has 5 nitrogen and oxygen atoms in total. The first-order valence-electron chi connectivity index (χ1n) is 14.1. The van der Waals surface area contributed by atoms with E-state index in [0.717, 1.165) is 51.4 Å². The SMILES string of the molecule is C[C@H](CCC(=O)Nc1cccc(F)c1)[C@H]1CC[C@H]2[C@@H]3[C@H](O)C[C@@H]4C[C@H](O)CC[C@]4(C)[C@H]3C[C@H](O)[C@]12C. The molecule has 5 rings (SSSR count). The van der Waals surface area contributed by atoms with Crippen LogP contribution in [-0.4, -0.2) is 39.5 Å². The first-order chi connectivity index (χ1) is 17.0. The number of nitrogens with one attached hydrogen (secondary N) is 1. The van der Waals surface area contributed by atoms with Crippen LogP contribution in [0.15, 0.2) is 24.3 Å². The molecule has 4 saturated carbocycles. The van der Waals surface area contributed by atoms with Gasteiger partial charge in [-0.25, -0.2) is 4.39 Å². The molecule has 0 radical (unpaired) electrons. The molecule has 4 aliphatic rings. The van der Waals surface area contributed by atoms with E-state index < -0.39 is 6.10 Å². The second-order valence-corrected chi connectivity index (χ2v) is 13.1. The number of hydrogen-bond donors (Lipinski definition) is 4. The lowest BCUT2D eigenvalue weighted by atomic mass is 9.43. The molecule has 4 N–H and O–H groups in total. The number of amides is 1. The summed E-state index contributed by atoms with van der Waals surface area (Å²) in [5.41, 5.74) is 0.282. The molecular formula is C30H44FNO4. The molecule has 4 fully saturated rings. The van der Waals surface area contributed by atoms with Crippen molar-refractivity contribution in [1.29, 1.82) is 0 Å². The van der Waals surface area contributed by atoms with E-state index in [1.165, 1.54) is 12.1 Å². The monoisotopic (exact) mass is 501 g/mol. The molecule has 36 heavy (non-hydrogen) atoms. The zero-order valence-corrected chi connectivity index (χ0v) is 22.0. The van der Waals surface area contributed by atoms with Crippen LogP contribution in [0.2, 0.25) is 0 Å². The number of halogens is 1. The van der Waals surface area contributed by atoms with Gasteiger partial charge < -0.3 is 20.6 Å². The quantitative estimate of drug-likeness (QED) is 0.450. The van der Waals surface area contributed by atoms with Gasteiger partial charge in [0, 0.05) is 12.1 Å². The second kappa shape index (κ2) is 9.67. The maximum Gasteiger partial charge on any atom is 0.224 e. The highest BCUT2D eigenvalue weighted by atomic mass is 19.1. The zero-order chi connectivity index (χ0) is 25.8. The zero-order valence-electron chi connectivity index (χ0n) is 22.0. The van der Waals surface area contributed by atoms with E-state index in [2.05, 4.69) is 26.1 Å². The van der Waals surface area contributed by atoms with Crippen LogP contribution in [0.5, 0.6) is 0 Å². The highest BCUT2D eigenvalue weighted by Gasteiger charge is 2.65. The highest BCUT2D eigenvalue weighted by Crippen LogP contribution is 2.68. The molecule has 0 heterocycles. The van der Waals surface area contributed by atoms with E-state index in [0.29, 0.717) is 23.9 Å². The van der Waals surface area contributed by atoms with Crippen molar-refractivity contribution in [2.75, 3.05) is 5.32 Å². The van der Waals surface area contributed by atoms with Crippen molar-refractivity contribution >= 4 is 11.6 Å². The second-order valence-electron chi connectivity index (χ2n) is 13.1. The van der Waals surface area contributed by atoms with Gasteiger partial charge >= 0.3 is 0 Å². The van der Waals surface area contributed by atoms with Gasteiger partial charge in [0.2, 0.25) is 5.91 Å². The molecule has 0 saturated heterocycles. The Labute approximate surface area is 214 Å². The van der Waals surface area contributed by atoms with Gasteiger partial charge in [0.1, 0.15) is 5.82 Å². The molecule has 0 bridgehead atoms. The summed E-state index contributed by atoms with van der Waals surface area (Å²) in [7, 11) is 0. The van der Waals surface area contributed by atoms with Gasteiger partial charge in [-0.05, 0) is 116 Å². The van der Waals surface area contributed by atoms with Gasteiger partial charge in [-0.3, -0.25) is 4.79 Å². The smallest absolute Gasteiger partial charge is 0.224 e. The Hall–Kier alpha value is -1.50. The summed E-state index contributed by atoms with van der Waals surface area (Å²) in [6.07, 6.45) is 6.10. The third-order valence-electron chi connectivity index (χ3n) is 11.5. The number of benzene rings is 1. The molecule has 0 aliphatic heterocycles. The molecule has 0 spiro atoms. The largest absolute Gasteiger partial charge is 0.393 e. The summed E-state index contributed by atoms with van der Waals surface area (Å²) < 4.78 is 13.4. The minimum absolute atomic E-state index is 0.0736. The predicted octanol–water partition coefficient (Wildman–Crippen LogP) is 5.14. The first-order valence-corrected chi connectivity index (χ1v) is 14.1. The summed E-state index contributed by atoms with van der Waals surface area (Å²) in [6, 6.07) is 5.96. The predicted molar refractivity (Wildman–Crippen MR) is 137 cm³/mol. The summed E-state index contributed by atoms with van der Waals surface area (Å²) in [4.78, 5) is 12.6. The minimum Gasteiger partial charge on any atom is -0.393 e. The van der Waals surface area contributed by atoms with Crippen molar-refractivity contribution in [3.05, 3.63) is 30.1 Å². The Bertz CT molecular complexity index is 972. The van der Waals surface area contributed by atoms with Crippen LogP contribution < -0.4 is 5.32 Å². The average Bonchev–Trinajstić information content (AvgIpc) is 3.18. The average molecular weight is 502 g/mol. The Balaban J connectivity index is 1.28. The van der Waals surface area contributed by atoms with E-state index in [1.54, 1.807) is 12.1 Å². The maximum atomic E-state index is 13.4. The molecule has 1 amide bonds. The lowest BCUT2D eigenvalue weighted by Gasteiger charge is -2.63. The van der Waals surface area contributed by atoms with E-state index in [9.17, 15) is 24.5 Å². The molecule has 1 aromatic rings. The number of aliphatic hydroxyl groups excluding tert-OH is 3. The third kappa shape index (κ3) is 4.31. The van der Waals surface area contributed by atoms with Gasteiger partial charge in [0.25, 0.3) is 0 Å². The molecule has 6 heteroatoms. The van der Waals surface area contributed by atoms with Crippen molar-refractivity contribution < 1.29 is 24.5 Å². The number of aliphatic hydroxyl groups is 3. The van der Waals surface area contributed by atoms with Crippen molar-refractivity contribution in [1.82, 2.24) is 0 Å². The van der Waals surface area contributed by atoms with Crippen LogP contribution in [0.1, 0.15) is 78.6 Å². The molecule has 0 unspecified atom stereocenters. The van der Waals surface area contributed by atoms with E-state index in [1.807, 2.05) is 0 Å². The van der Waals surface area contributed by atoms with Crippen LogP contribution in [0.3, 0.4) is 0 Å². The lowest BCUT2D eigenvalue weighted by Crippen LogP contribution is -2.62. The molecular weight excluding hydrogens is 457 g/mol. The fourth-order valence-corrected chi connectivity index (χ4v) is 9.48. The van der Waals surface area contributed by atoms with Crippen LogP contribution >= 0.6 is 0 Å². The minimum atomic E-state index is -0.422. The topological polar surface area (TPSA) is 89.8 Å². The number of fused-ring (bicyclic) bond motifs is 5. The fraction of sp³-hybridized carbons (Fsp3) is 0.767. The van der Waals surface area contributed by atoms with Gasteiger partial charge in [0.05, 0.1) is 18.3 Å². The standard InChI is InChI=1S/C30H44FNO4/c1-17(7-10-27(36)32-20-6-4-5-19(31)15-20)22-8-9-23-28-24(16-26(35)30(22,23)3)29(2)12-11-21(33)13-18(29)14-25(28)34/h4-6,15,17-18,21-26,28,33-35H,7-14,16H2,1-3H3,(H,32,36)/t17-,18+,21-,22-,23+,24+,25-,26+,28+,29+,30-/m1/s1. The lowest BCUT2D eigenvalue weighted by molar-refractivity contribution is -0.207. The molecule has 0 aromatic heterocycles. The van der Waals surface area contributed by atoms with E-state index in [4.69, 9.17) is 0 Å². The maximum absolute atomic E-state index is 13.4. The van der Waals surface area contributed by atoms with Gasteiger partial charge in [-0.15, -0.1) is 0 Å². The Morgan fingerprint density at radius 1 is 1.11 bits per heavy atom. The van der Waals surface area contributed by atoms with Gasteiger partial charge in [-0.2, -0.15) is 0 Å². The molecule has 200 valence electrons. The summed E-state index contributed by atoms with van der Waals surface area (Å²) in [5.74, 6) is 1.16. The molecule has 1 aromatic carbocycles. The highest BCUT2D eigenvalue weighted by molar-refractivity contribution is 5.90. The van der Waals surface area contributed by atoms with Crippen molar-refractivity contribution in [3.8, 4) is 0 Å². The van der Waals surface area contributed by atoms with Crippen molar-refractivity contribution in [2.24, 2.45) is 46.3 Å². The third-order valence-corrected chi connectivity index (χ3v) is 11.5. The number of anilines is 1.